The Kier molecular flexibility index (Phi) is 6.52. The molecule has 1 heterocycles. The Bertz CT molecular complexity index is 1250. The van der Waals surface area contributed by atoms with E-state index in [0.717, 1.165) is 16.7 Å². The van der Waals surface area contributed by atoms with Crippen LogP contribution >= 0.6 is 11.6 Å². The maximum Gasteiger partial charge on any atom is 0.278 e. The number of aryl methyl sites for hydroxylation is 2. The third-order valence-corrected chi connectivity index (χ3v) is 6.09. The summed E-state index contributed by atoms with van der Waals surface area (Å²) in [6, 6.07) is 20.7. The smallest absolute Gasteiger partial charge is 0.278 e. The SMILES string of the molecule is COc1ccc(Cl)cc1NC1=C(c2ccc(C)c(C)c2)C(=O)N(CCc2ccccc2)C1=O. The van der Waals surface area contributed by atoms with Crippen LogP contribution in [0.15, 0.2) is 72.4 Å². The van der Waals surface area contributed by atoms with Gasteiger partial charge in [-0.25, -0.2) is 0 Å². The van der Waals surface area contributed by atoms with Gasteiger partial charge in [0.2, 0.25) is 0 Å². The standard InChI is InChI=1S/C27H25ClN2O3/c1-17-9-10-20(15-18(17)2)24-25(29-22-16-21(28)11-12-23(22)33-3)27(32)30(26(24)31)14-13-19-7-5-4-6-8-19/h4-12,15-16,29H,13-14H2,1-3H3. The lowest BCUT2D eigenvalue weighted by molar-refractivity contribution is -0.136. The van der Waals surface area contributed by atoms with Gasteiger partial charge in [0.25, 0.3) is 11.8 Å². The third-order valence-electron chi connectivity index (χ3n) is 5.85. The number of hydrogen-bond donors (Lipinski definition) is 1. The van der Waals surface area contributed by atoms with Crippen LogP contribution in [0.2, 0.25) is 5.02 Å². The van der Waals surface area contributed by atoms with E-state index in [4.69, 9.17) is 16.3 Å². The number of carbonyl (C=O) groups is 2. The van der Waals surface area contributed by atoms with Crippen LogP contribution in [0.3, 0.4) is 0 Å². The molecule has 0 aromatic heterocycles. The second-order valence-electron chi connectivity index (χ2n) is 8.02. The predicted molar refractivity (Wildman–Crippen MR) is 131 cm³/mol. The number of carbonyl (C=O) groups excluding carboxylic acids is 2. The van der Waals surface area contributed by atoms with Gasteiger partial charge in [-0.2, -0.15) is 0 Å². The summed E-state index contributed by atoms with van der Waals surface area (Å²) in [5.41, 5.74) is 5.00. The van der Waals surface area contributed by atoms with Crippen LogP contribution in [0, 0.1) is 13.8 Å². The molecule has 0 spiro atoms. The quantitative estimate of drug-likeness (QED) is 0.479. The lowest BCUT2D eigenvalue weighted by atomic mass is 9.99. The fraction of sp³-hybridized carbons (Fsp3) is 0.185. The molecule has 1 aliphatic rings. The highest BCUT2D eigenvalue weighted by molar-refractivity contribution is 6.36. The topological polar surface area (TPSA) is 58.6 Å². The lowest BCUT2D eigenvalue weighted by Gasteiger charge is -2.16. The zero-order chi connectivity index (χ0) is 23.5. The average Bonchev–Trinajstić information content (AvgIpc) is 3.04. The van der Waals surface area contributed by atoms with Gasteiger partial charge in [0.1, 0.15) is 11.4 Å². The Morgan fingerprint density at radius 1 is 0.909 bits per heavy atom. The van der Waals surface area contributed by atoms with E-state index >= 15 is 0 Å². The molecule has 0 fully saturated rings. The second kappa shape index (κ2) is 9.51. The number of hydrogen-bond acceptors (Lipinski definition) is 4. The van der Waals surface area contributed by atoms with Crippen LogP contribution in [0.25, 0.3) is 5.57 Å². The maximum atomic E-state index is 13.5. The molecule has 0 saturated carbocycles. The Hall–Kier alpha value is -3.57. The number of imide groups is 1. The Labute approximate surface area is 198 Å². The van der Waals surface area contributed by atoms with Crippen LogP contribution in [0.4, 0.5) is 5.69 Å². The van der Waals surface area contributed by atoms with Gasteiger partial charge in [-0.05, 0) is 60.7 Å². The first-order valence-corrected chi connectivity index (χ1v) is 11.1. The van der Waals surface area contributed by atoms with Gasteiger partial charge >= 0.3 is 0 Å². The van der Waals surface area contributed by atoms with Gasteiger partial charge in [-0.3, -0.25) is 14.5 Å². The summed E-state index contributed by atoms with van der Waals surface area (Å²) in [5.74, 6) is -0.164. The Morgan fingerprint density at radius 3 is 2.36 bits per heavy atom. The molecule has 0 bridgehead atoms. The fourth-order valence-electron chi connectivity index (χ4n) is 3.86. The van der Waals surface area contributed by atoms with Crippen molar-refractivity contribution in [1.82, 2.24) is 4.90 Å². The van der Waals surface area contributed by atoms with E-state index in [2.05, 4.69) is 5.32 Å². The monoisotopic (exact) mass is 460 g/mol. The first-order valence-electron chi connectivity index (χ1n) is 10.7. The largest absolute Gasteiger partial charge is 0.495 e. The summed E-state index contributed by atoms with van der Waals surface area (Å²) in [6.45, 7) is 4.28. The first-order chi connectivity index (χ1) is 15.9. The van der Waals surface area contributed by atoms with E-state index in [9.17, 15) is 9.59 Å². The summed E-state index contributed by atoms with van der Waals surface area (Å²) in [7, 11) is 1.54. The van der Waals surface area contributed by atoms with E-state index in [1.807, 2.05) is 62.4 Å². The fourth-order valence-corrected chi connectivity index (χ4v) is 4.03. The van der Waals surface area contributed by atoms with Crippen molar-refractivity contribution in [2.45, 2.75) is 20.3 Å². The number of ether oxygens (including phenoxy) is 1. The van der Waals surface area contributed by atoms with Gasteiger partial charge < -0.3 is 10.1 Å². The van der Waals surface area contributed by atoms with Crippen LogP contribution in [-0.4, -0.2) is 30.4 Å². The van der Waals surface area contributed by atoms with E-state index in [0.29, 0.717) is 34.0 Å². The minimum atomic E-state index is -0.369. The van der Waals surface area contributed by atoms with Crippen LogP contribution in [-0.2, 0) is 16.0 Å². The van der Waals surface area contributed by atoms with Crippen LogP contribution in [0.1, 0.15) is 22.3 Å². The number of nitrogens with zero attached hydrogens (tertiary/aromatic N) is 1. The van der Waals surface area contributed by atoms with Crippen molar-refractivity contribution in [3.63, 3.8) is 0 Å². The third kappa shape index (κ3) is 4.64. The summed E-state index contributed by atoms with van der Waals surface area (Å²) >= 11 is 6.19. The summed E-state index contributed by atoms with van der Waals surface area (Å²) in [5, 5.41) is 3.64. The van der Waals surface area contributed by atoms with Crippen LogP contribution < -0.4 is 10.1 Å². The molecule has 1 N–H and O–H groups in total. The second-order valence-corrected chi connectivity index (χ2v) is 8.45. The zero-order valence-corrected chi connectivity index (χ0v) is 19.6. The summed E-state index contributed by atoms with van der Waals surface area (Å²) in [4.78, 5) is 28.3. The molecule has 3 aromatic rings. The first kappa shape index (κ1) is 22.6. The van der Waals surface area contributed by atoms with Gasteiger partial charge in [-0.15, -0.1) is 0 Å². The minimum absolute atomic E-state index is 0.219. The van der Waals surface area contributed by atoms with Crippen molar-refractivity contribution in [1.29, 1.82) is 0 Å². The highest BCUT2D eigenvalue weighted by Crippen LogP contribution is 2.35. The molecule has 3 aromatic carbocycles. The van der Waals surface area contributed by atoms with Crippen molar-refractivity contribution in [2.75, 3.05) is 19.0 Å². The van der Waals surface area contributed by atoms with Crippen LogP contribution in [0.5, 0.6) is 5.75 Å². The summed E-state index contributed by atoms with van der Waals surface area (Å²) in [6.07, 6.45) is 0.576. The molecule has 4 rings (SSSR count). The number of rotatable bonds is 7. The lowest BCUT2D eigenvalue weighted by Crippen LogP contribution is -2.34. The molecular formula is C27H25ClN2O3. The van der Waals surface area contributed by atoms with Crippen molar-refractivity contribution < 1.29 is 14.3 Å². The van der Waals surface area contributed by atoms with Gasteiger partial charge in [0.15, 0.2) is 0 Å². The van der Waals surface area contributed by atoms with Gasteiger partial charge in [0.05, 0.1) is 18.4 Å². The number of amides is 2. The molecule has 0 saturated heterocycles. The van der Waals surface area contributed by atoms with Gasteiger partial charge in [0, 0.05) is 11.6 Å². The minimum Gasteiger partial charge on any atom is -0.495 e. The highest BCUT2D eigenvalue weighted by atomic mass is 35.5. The molecule has 0 aliphatic carbocycles. The highest BCUT2D eigenvalue weighted by Gasteiger charge is 2.39. The summed E-state index contributed by atoms with van der Waals surface area (Å²) < 4.78 is 5.43. The van der Waals surface area contributed by atoms with Crippen molar-refractivity contribution in [3.8, 4) is 5.75 Å². The average molecular weight is 461 g/mol. The molecule has 168 valence electrons. The Morgan fingerprint density at radius 2 is 1.67 bits per heavy atom. The van der Waals surface area contributed by atoms with Crippen molar-refractivity contribution in [2.24, 2.45) is 0 Å². The van der Waals surface area contributed by atoms with Crippen molar-refractivity contribution in [3.05, 3.63) is 99.7 Å². The molecule has 0 radical (unpaired) electrons. The number of halogens is 1. The number of benzene rings is 3. The van der Waals surface area contributed by atoms with Gasteiger partial charge in [-0.1, -0.05) is 60.1 Å². The molecule has 0 atom stereocenters. The molecule has 6 heteroatoms. The molecule has 2 amide bonds. The Balaban J connectivity index is 1.74. The number of anilines is 1. The molecule has 1 aliphatic heterocycles. The van der Waals surface area contributed by atoms with Crippen molar-refractivity contribution >= 4 is 34.7 Å². The molecule has 33 heavy (non-hydrogen) atoms. The van der Waals surface area contributed by atoms with E-state index in [-0.39, 0.29) is 24.1 Å². The number of nitrogens with one attached hydrogen (secondary N) is 1. The maximum absolute atomic E-state index is 13.5. The molecular weight excluding hydrogens is 436 g/mol. The normalized spacial score (nSPS) is 13.6. The number of methoxy groups -OCH3 is 1. The molecule has 0 unspecified atom stereocenters. The van der Waals surface area contributed by atoms with E-state index < -0.39 is 0 Å². The molecule has 5 nitrogen and oxygen atoms in total. The van der Waals surface area contributed by atoms with E-state index in [1.54, 1.807) is 25.3 Å². The van der Waals surface area contributed by atoms with E-state index in [1.165, 1.54) is 4.90 Å². The predicted octanol–water partition coefficient (Wildman–Crippen LogP) is 5.40. The zero-order valence-electron chi connectivity index (χ0n) is 18.8.